The third-order valence-electron chi connectivity index (χ3n) is 2.85. The van der Waals surface area contributed by atoms with Crippen molar-refractivity contribution in [1.29, 1.82) is 0 Å². The molecular formula is C15H15FN2O2. The zero-order valence-electron chi connectivity index (χ0n) is 11.0. The predicted octanol–water partition coefficient (Wildman–Crippen LogP) is 2.74. The van der Waals surface area contributed by atoms with Gasteiger partial charge in [0.25, 0.3) is 5.91 Å². The van der Waals surface area contributed by atoms with Crippen LogP contribution >= 0.6 is 0 Å². The number of hydrogen-bond acceptors (Lipinski definition) is 3. The highest BCUT2D eigenvalue weighted by Gasteiger charge is 2.16. The summed E-state index contributed by atoms with van der Waals surface area (Å²) in [6.07, 6.45) is 0. The van der Waals surface area contributed by atoms with Gasteiger partial charge in [-0.2, -0.15) is 0 Å². The second-order valence-electron chi connectivity index (χ2n) is 4.41. The molecule has 0 aromatic heterocycles. The van der Waals surface area contributed by atoms with E-state index in [0.717, 1.165) is 0 Å². The van der Waals surface area contributed by atoms with E-state index in [2.05, 4.69) is 0 Å². The van der Waals surface area contributed by atoms with Gasteiger partial charge in [0.2, 0.25) is 0 Å². The summed E-state index contributed by atoms with van der Waals surface area (Å²) in [5, 5.41) is 0. The zero-order chi connectivity index (χ0) is 14.7. The number of nitrogens with two attached hydrogens (primary N) is 2. The quantitative estimate of drug-likeness (QED) is 0.899. The number of ether oxygens (including phenoxy) is 1. The molecule has 0 radical (unpaired) electrons. The van der Waals surface area contributed by atoms with Gasteiger partial charge in [0, 0.05) is 11.6 Å². The molecule has 4 nitrogen and oxygen atoms in total. The molecule has 0 fully saturated rings. The molecule has 0 saturated carbocycles. The Morgan fingerprint density at radius 1 is 1.20 bits per heavy atom. The molecule has 4 N–H and O–H groups in total. The molecular weight excluding hydrogens is 259 g/mol. The first-order valence-electron chi connectivity index (χ1n) is 6.11. The van der Waals surface area contributed by atoms with Gasteiger partial charge in [0.05, 0.1) is 5.56 Å². The van der Waals surface area contributed by atoms with Crippen molar-refractivity contribution in [3.8, 4) is 11.5 Å². The van der Waals surface area contributed by atoms with Crippen LogP contribution < -0.4 is 16.2 Å². The predicted molar refractivity (Wildman–Crippen MR) is 74.0 cm³/mol. The molecule has 0 aliphatic carbocycles. The van der Waals surface area contributed by atoms with Crippen LogP contribution in [0.4, 0.5) is 4.39 Å². The normalized spacial score (nSPS) is 11.9. The van der Waals surface area contributed by atoms with Crippen LogP contribution in [0.1, 0.15) is 28.9 Å². The standard InChI is InChI=1S/C15H15FN2O2/c1-9(17)10-6-4-7-12(16)14(10)20-13-8-3-2-5-11(13)15(18)19/h2-9H,17H2,1H3,(H2,18,19)/t9-/m0/s1. The summed E-state index contributed by atoms with van der Waals surface area (Å²) in [7, 11) is 0. The first-order valence-corrected chi connectivity index (χ1v) is 6.11. The summed E-state index contributed by atoms with van der Waals surface area (Å²) < 4.78 is 19.5. The number of carbonyl (C=O) groups excluding carboxylic acids is 1. The maximum absolute atomic E-state index is 13.9. The van der Waals surface area contributed by atoms with E-state index < -0.39 is 17.8 Å². The lowest BCUT2D eigenvalue weighted by atomic mass is 10.1. The summed E-state index contributed by atoms with van der Waals surface area (Å²) in [4.78, 5) is 11.3. The van der Waals surface area contributed by atoms with E-state index in [9.17, 15) is 9.18 Å². The monoisotopic (exact) mass is 274 g/mol. The molecule has 0 aliphatic rings. The van der Waals surface area contributed by atoms with Gasteiger partial charge < -0.3 is 16.2 Å². The van der Waals surface area contributed by atoms with E-state index >= 15 is 0 Å². The van der Waals surface area contributed by atoms with E-state index in [1.54, 1.807) is 37.3 Å². The number of amides is 1. The van der Waals surface area contributed by atoms with Gasteiger partial charge in [0.15, 0.2) is 11.6 Å². The van der Waals surface area contributed by atoms with Crippen LogP contribution in [0.5, 0.6) is 11.5 Å². The van der Waals surface area contributed by atoms with Gasteiger partial charge in [-0.05, 0) is 25.1 Å². The molecule has 104 valence electrons. The fraction of sp³-hybridized carbons (Fsp3) is 0.133. The Hall–Kier alpha value is -2.40. The molecule has 1 atom stereocenters. The van der Waals surface area contributed by atoms with E-state index in [-0.39, 0.29) is 17.1 Å². The molecule has 5 heteroatoms. The molecule has 0 spiro atoms. The van der Waals surface area contributed by atoms with Crippen LogP contribution in [0.25, 0.3) is 0 Å². The Morgan fingerprint density at radius 2 is 1.90 bits per heavy atom. The lowest BCUT2D eigenvalue weighted by molar-refractivity contribution is 0.0998. The minimum atomic E-state index is -0.640. The van der Waals surface area contributed by atoms with E-state index in [4.69, 9.17) is 16.2 Å². The minimum Gasteiger partial charge on any atom is -0.453 e. The summed E-state index contributed by atoms with van der Waals surface area (Å²) >= 11 is 0. The van der Waals surface area contributed by atoms with Gasteiger partial charge in [-0.3, -0.25) is 4.79 Å². The first-order chi connectivity index (χ1) is 9.50. The van der Waals surface area contributed by atoms with Crippen molar-refractivity contribution in [1.82, 2.24) is 0 Å². The van der Waals surface area contributed by atoms with Crippen molar-refractivity contribution < 1.29 is 13.9 Å². The molecule has 2 aromatic carbocycles. The first kappa shape index (κ1) is 14.0. The summed E-state index contributed by atoms with van der Waals surface area (Å²) in [5.74, 6) is -0.971. The molecule has 20 heavy (non-hydrogen) atoms. The fourth-order valence-corrected chi connectivity index (χ4v) is 1.86. The van der Waals surface area contributed by atoms with Crippen LogP contribution in [-0.4, -0.2) is 5.91 Å². The second-order valence-corrected chi connectivity index (χ2v) is 4.41. The minimum absolute atomic E-state index is 0.0104. The van der Waals surface area contributed by atoms with Crippen molar-refractivity contribution in [3.05, 3.63) is 59.4 Å². The highest BCUT2D eigenvalue weighted by atomic mass is 19.1. The zero-order valence-corrected chi connectivity index (χ0v) is 11.0. The highest BCUT2D eigenvalue weighted by Crippen LogP contribution is 2.32. The average molecular weight is 274 g/mol. The number of benzene rings is 2. The van der Waals surface area contributed by atoms with Gasteiger partial charge in [0.1, 0.15) is 5.75 Å². The average Bonchev–Trinajstić information content (AvgIpc) is 2.41. The van der Waals surface area contributed by atoms with Crippen LogP contribution in [-0.2, 0) is 0 Å². The van der Waals surface area contributed by atoms with Gasteiger partial charge >= 0.3 is 0 Å². The molecule has 0 heterocycles. The van der Waals surface area contributed by atoms with E-state index in [1.165, 1.54) is 12.1 Å². The molecule has 0 saturated heterocycles. The lowest BCUT2D eigenvalue weighted by Crippen LogP contribution is -2.13. The molecule has 2 aromatic rings. The van der Waals surface area contributed by atoms with E-state index in [0.29, 0.717) is 5.56 Å². The van der Waals surface area contributed by atoms with Crippen LogP contribution in [0.3, 0.4) is 0 Å². The molecule has 0 bridgehead atoms. The van der Waals surface area contributed by atoms with Gasteiger partial charge in [-0.25, -0.2) is 4.39 Å². The van der Waals surface area contributed by atoms with Crippen molar-refractivity contribution in [2.75, 3.05) is 0 Å². The molecule has 2 rings (SSSR count). The highest BCUT2D eigenvalue weighted by molar-refractivity contribution is 5.95. The third kappa shape index (κ3) is 2.78. The molecule has 1 amide bonds. The van der Waals surface area contributed by atoms with Gasteiger partial charge in [-0.15, -0.1) is 0 Å². The fourth-order valence-electron chi connectivity index (χ4n) is 1.86. The SMILES string of the molecule is C[C@H](N)c1cccc(F)c1Oc1ccccc1C(N)=O. The van der Waals surface area contributed by atoms with Crippen molar-refractivity contribution >= 4 is 5.91 Å². The number of halogens is 1. The summed E-state index contributed by atoms with van der Waals surface area (Å²) in [5.41, 5.74) is 11.8. The number of rotatable bonds is 4. The Balaban J connectivity index is 2.48. The van der Waals surface area contributed by atoms with Crippen molar-refractivity contribution in [2.45, 2.75) is 13.0 Å². The van der Waals surface area contributed by atoms with Crippen molar-refractivity contribution in [3.63, 3.8) is 0 Å². The van der Waals surface area contributed by atoms with Crippen LogP contribution in [0.15, 0.2) is 42.5 Å². The van der Waals surface area contributed by atoms with E-state index in [1.807, 2.05) is 0 Å². The second kappa shape index (κ2) is 5.71. The Kier molecular flexibility index (Phi) is 4.00. The summed E-state index contributed by atoms with van der Waals surface area (Å²) in [6, 6.07) is 10.5. The number of hydrogen-bond donors (Lipinski definition) is 2. The molecule has 0 aliphatic heterocycles. The topological polar surface area (TPSA) is 78.3 Å². The largest absolute Gasteiger partial charge is 0.453 e. The maximum Gasteiger partial charge on any atom is 0.252 e. The third-order valence-corrected chi connectivity index (χ3v) is 2.85. The van der Waals surface area contributed by atoms with Gasteiger partial charge in [-0.1, -0.05) is 24.3 Å². The lowest BCUT2D eigenvalue weighted by Gasteiger charge is -2.15. The Labute approximate surface area is 116 Å². The summed E-state index contributed by atoms with van der Waals surface area (Å²) in [6.45, 7) is 1.72. The number of para-hydroxylation sites is 2. The van der Waals surface area contributed by atoms with Crippen molar-refractivity contribution in [2.24, 2.45) is 11.5 Å². The van der Waals surface area contributed by atoms with Crippen LogP contribution in [0.2, 0.25) is 0 Å². The number of carbonyl (C=O) groups is 1. The smallest absolute Gasteiger partial charge is 0.252 e. The maximum atomic E-state index is 13.9. The molecule has 0 unspecified atom stereocenters. The number of primary amides is 1. The Morgan fingerprint density at radius 3 is 2.55 bits per heavy atom. The Bertz CT molecular complexity index is 642. The van der Waals surface area contributed by atoms with Crippen LogP contribution in [0, 0.1) is 5.82 Å².